The molecule has 0 bridgehead atoms. The average Bonchev–Trinajstić information content (AvgIpc) is 2.83. The third kappa shape index (κ3) is 4.99. The van der Waals surface area contributed by atoms with Crippen LogP contribution in [0.5, 0.6) is 11.5 Å². The van der Waals surface area contributed by atoms with Gasteiger partial charge < -0.3 is 24.3 Å². The summed E-state index contributed by atoms with van der Waals surface area (Å²) in [5.74, 6) is 0.511. The van der Waals surface area contributed by atoms with E-state index in [2.05, 4.69) is 5.32 Å². The molecule has 1 aliphatic rings. The number of hydrogen-bond acceptors (Lipinski definition) is 6. The fraction of sp³-hybridized carbons (Fsp3) is 0.417. The molecule has 1 aliphatic heterocycles. The van der Waals surface area contributed by atoms with Crippen LogP contribution >= 0.6 is 0 Å². The largest absolute Gasteiger partial charge is 0.497 e. The number of carbonyl (C=O) groups excluding carboxylic acids is 2. The van der Waals surface area contributed by atoms with Crippen molar-refractivity contribution in [3.05, 3.63) is 53.6 Å². The topological polar surface area (TPSA) is 83.1 Å². The number of methoxy groups -OCH3 is 2. The number of carbonyl (C=O) groups is 2. The first-order valence-electron chi connectivity index (χ1n) is 10.4. The van der Waals surface area contributed by atoms with E-state index in [0.29, 0.717) is 44.1 Å². The van der Waals surface area contributed by atoms with Crippen LogP contribution in [0.2, 0.25) is 0 Å². The normalized spacial score (nSPS) is 15.1. The lowest BCUT2D eigenvalue weighted by atomic mass is 9.73. The molecule has 1 saturated heterocycles. The molecule has 0 aromatic heterocycles. The van der Waals surface area contributed by atoms with E-state index >= 15 is 0 Å². The molecule has 0 atom stereocenters. The van der Waals surface area contributed by atoms with Crippen molar-refractivity contribution in [1.29, 1.82) is 0 Å². The van der Waals surface area contributed by atoms with E-state index in [1.54, 1.807) is 25.3 Å². The second-order valence-corrected chi connectivity index (χ2v) is 7.43. The van der Waals surface area contributed by atoms with Gasteiger partial charge in [0.05, 0.1) is 26.2 Å². The molecule has 1 heterocycles. The number of esters is 1. The number of rotatable bonds is 8. The molecule has 1 amide bonds. The van der Waals surface area contributed by atoms with Gasteiger partial charge in [-0.2, -0.15) is 0 Å². The van der Waals surface area contributed by atoms with E-state index in [9.17, 15) is 9.59 Å². The number of anilines is 1. The summed E-state index contributed by atoms with van der Waals surface area (Å²) in [6.45, 7) is 3.46. The van der Waals surface area contributed by atoms with Gasteiger partial charge in [0.1, 0.15) is 17.1 Å². The molecular formula is C24H29NO6. The van der Waals surface area contributed by atoms with Crippen LogP contribution < -0.4 is 14.8 Å². The highest BCUT2D eigenvalue weighted by Crippen LogP contribution is 2.37. The lowest BCUT2D eigenvalue weighted by Crippen LogP contribution is -2.44. The Balaban J connectivity index is 1.90. The van der Waals surface area contributed by atoms with Crippen LogP contribution in [0.4, 0.5) is 5.69 Å². The van der Waals surface area contributed by atoms with Gasteiger partial charge in [-0.05, 0) is 55.2 Å². The summed E-state index contributed by atoms with van der Waals surface area (Å²) < 4.78 is 21.3. The molecule has 7 heteroatoms. The molecule has 0 aliphatic carbocycles. The maximum Gasteiger partial charge on any atom is 0.341 e. The standard InChI is InChI=1S/C24H29NO6/c1-4-13-31-21-10-7-18(16-20(21)22(26)29-3)25-23(27)24(11-14-30-15-12-24)17-5-8-19(28-2)9-6-17/h5-10,16H,4,11-15H2,1-3H3,(H,25,27). The predicted octanol–water partition coefficient (Wildman–Crippen LogP) is 3.96. The first-order valence-corrected chi connectivity index (χ1v) is 10.4. The highest BCUT2D eigenvalue weighted by atomic mass is 16.5. The van der Waals surface area contributed by atoms with Crippen molar-refractivity contribution in [2.24, 2.45) is 0 Å². The van der Waals surface area contributed by atoms with Crippen LogP contribution in [-0.4, -0.2) is 45.9 Å². The molecule has 31 heavy (non-hydrogen) atoms. The van der Waals surface area contributed by atoms with Gasteiger partial charge in [-0.15, -0.1) is 0 Å². The zero-order valence-electron chi connectivity index (χ0n) is 18.2. The van der Waals surface area contributed by atoms with Gasteiger partial charge in [0, 0.05) is 18.9 Å². The predicted molar refractivity (Wildman–Crippen MR) is 117 cm³/mol. The third-order valence-electron chi connectivity index (χ3n) is 5.53. The Bertz CT molecular complexity index is 903. The van der Waals surface area contributed by atoms with Gasteiger partial charge in [0.25, 0.3) is 0 Å². The highest BCUT2D eigenvalue weighted by molar-refractivity contribution is 6.01. The summed E-state index contributed by atoms with van der Waals surface area (Å²) >= 11 is 0. The zero-order valence-corrected chi connectivity index (χ0v) is 18.2. The summed E-state index contributed by atoms with van der Waals surface area (Å²) in [5.41, 5.74) is 0.964. The van der Waals surface area contributed by atoms with Gasteiger partial charge in [0.15, 0.2) is 0 Å². The molecule has 0 radical (unpaired) electrons. The van der Waals surface area contributed by atoms with Crippen molar-refractivity contribution >= 4 is 17.6 Å². The van der Waals surface area contributed by atoms with E-state index in [-0.39, 0.29) is 11.5 Å². The fourth-order valence-corrected chi connectivity index (χ4v) is 3.74. The van der Waals surface area contributed by atoms with Gasteiger partial charge in [-0.1, -0.05) is 19.1 Å². The zero-order chi connectivity index (χ0) is 22.3. The van der Waals surface area contributed by atoms with Crippen LogP contribution in [0.15, 0.2) is 42.5 Å². The van der Waals surface area contributed by atoms with Crippen molar-refractivity contribution < 1.29 is 28.5 Å². The Hall–Kier alpha value is -3.06. The number of ether oxygens (including phenoxy) is 4. The van der Waals surface area contributed by atoms with E-state index in [1.165, 1.54) is 7.11 Å². The van der Waals surface area contributed by atoms with E-state index in [4.69, 9.17) is 18.9 Å². The Kier molecular flexibility index (Phi) is 7.52. The number of hydrogen-bond donors (Lipinski definition) is 1. The minimum atomic E-state index is -0.729. The Morgan fingerprint density at radius 3 is 2.39 bits per heavy atom. The maximum absolute atomic E-state index is 13.5. The summed E-state index contributed by atoms with van der Waals surface area (Å²) in [7, 11) is 2.93. The first kappa shape index (κ1) is 22.6. The Labute approximate surface area is 182 Å². The third-order valence-corrected chi connectivity index (χ3v) is 5.53. The van der Waals surface area contributed by atoms with Crippen molar-refractivity contribution in [1.82, 2.24) is 0 Å². The molecule has 7 nitrogen and oxygen atoms in total. The van der Waals surface area contributed by atoms with Gasteiger partial charge in [-0.3, -0.25) is 4.79 Å². The molecule has 2 aromatic carbocycles. The maximum atomic E-state index is 13.5. The Morgan fingerprint density at radius 2 is 1.77 bits per heavy atom. The molecule has 0 spiro atoms. The summed E-state index contributed by atoms with van der Waals surface area (Å²) in [5, 5.41) is 2.99. The van der Waals surface area contributed by atoms with Gasteiger partial charge >= 0.3 is 5.97 Å². The van der Waals surface area contributed by atoms with Crippen molar-refractivity contribution in [2.45, 2.75) is 31.6 Å². The summed E-state index contributed by atoms with van der Waals surface area (Å²) in [6, 6.07) is 12.6. The molecule has 1 N–H and O–H groups in total. The lowest BCUT2D eigenvalue weighted by molar-refractivity contribution is -0.125. The van der Waals surface area contributed by atoms with Gasteiger partial charge in [0.2, 0.25) is 5.91 Å². The first-order chi connectivity index (χ1) is 15.0. The number of nitrogens with one attached hydrogen (secondary N) is 1. The van der Waals surface area contributed by atoms with E-state index in [1.807, 2.05) is 31.2 Å². The van der Waals surface area contributed by atoms with E-state index < -0.39 is 11.4 Å². The number of benzene rings is 2. The van der Waals surface area contributed by atoms with E-state index in [0.717, 1.165) is 17.7 Å². The molecule has 0 unspecified atom stereocenters. The lowest BCUT2D eigenvalue weighted by Gasteiger charge is -2.36. The summed E-state index contributed by atoms with van der Waals surface area (Å²) in [4.78, 5) is 25.7. The van der Waals surface area contributed by atoms with Crippen LogP contribution in [0.1, 0.15) is 42.1 Å². The minimum Gasteiger partial charge on any atom is -0.497 e. The molecule has 1 fully saturated rings. The molecule has 0 saturated carbocycles. The monoisotopic (exact) mass is 427 g/mol. The SMILES string of the molecule is CCCOc1ccc(NC(=O)C2(c3ccc(OC)cc3)CCOCC2)cc1C(=O)OC. The van der Waals surface area contributed by atoms with Crippen LogP contribution in [-0.2, 0) is 19.7 Å². The van der Waals surface area contributed by atoms with Crippen molar-refractivity contribution in [3.8, 4) is 11.5 Å². The smallest absolute Gasteiger partial charge is 0.341 e. The van der Waals surface area contributed by atoms with Crippen LogP contribution in [0.3, 0.4) is 0 Å². The molecule has 3 rings (SSSR count). The van der Waals surface area contributed by atoms with Crippen molar-refractivity contribution in [2.75, 3.05) is 39.4 Å². The number of amides is 1. The van der Waals surface area contributed by atoms with Gasteiger partial charge in [-0.25, -0.2) is 4.79 Å². The minimum absolute atomic E-state index is 0.140. The Morgan fingerprint density at radius 1 is 1.06 bits per heavy atom. The summed E-state index contributed by atoms with van der Waals surface area (Å²) in [6.07, 6.45) is 1.94. The molecule has 2 aromatic rings. The fourth-order valence-electron chi connectivity index (χ4n) is 3.74. The van der Waals surface area contributed by atoms with Crippen molar-refractivity contribution in [3.63, 3.8) is 0 Å². The quantitative estimate of drug-likeness (QED) is 0.642. The second-order valence-electron chi connectivity index (χ2n) is 7.43. The second kappa shape index (κ2) is 10.3. The highest BCUT2D eigenvalue weighted by Gasteiger charge is 2.41. The van der Waals surface area contributed by atoms with Crippen LogP contribution in [0.25, 0.3) is 0 Å². The molecule has 166 valence electrons. The molecular weight excluding hydrogens is 398 g/mol. The average molecular weight is 427 g/mol. The van der Waals surface area contributed by atoms with Crippen LogP contribution in [0, 0.1) is 0 Å².